The largest absolute Gasteiger partial charge is 0.497 e. The van der Waals surface area contributed by atoms with Crippen LogP contribution < -0.4 is 9.64 Å². The predicted octanol–water partition coefficient (Wildman–Crippen LogP) is 4.62. The van der Waals surface area contributed by atoms with Crippen LogP contribution in [-0.2, 0) is 11.2 Å². The summed E-state index contributed by atoms with van der Waals surface area (Å²) in [6, 6.07) is 25.8. The summed E-state index contributed by atoms with van der Waals surface area (Å²) >= 11 is 1.40. The first-order valence-corrected chi connectivity index (χ1v) is 11.4. The third kappa shape index (κ3) is 3.87. The molecule has 0 fully saturated rings. The Morgan fingerprint density at radius 1 is 0.969 bits per heavy atom. The van der Waals surface area contributed by atoms with Gasteiger partial charge in [0, 0.05) is 23.5 Å². The van der Waals surface area contributed by atoms with Gasteiger partial charge in [0.1, 0.15) is 5.75 Å². The summed E-state index contributed by atoms with van der Waals surface area (Å²) in [6.07, 6.45) is 0.896. The Morgan fingerprint density at radius 3 is 2.50 bits per heavy atom. The maximum Gasteiger partial charge on any atom is 0.237 e. The van der Waals surface area contributed by atoms with Gasteiger partial charge in [-0.3, -0.25) is 9.36 Å². The lowest BCUT2D eigenvalue weighted by Crippen LogP contribution is -2.30. The van der Waals surface area contributed by atoms with Gasteiger partial charge < -0.3 is 9.64 Å². The summed E-state index contributed by atoms with van der Waals surface area (Å²) in [7, 11) is 1.65. The number of carbonyl (C=O) groups is 1. The van der Waals surface area contributed by atoms with Crippen molar-refractivity contribution in [3.05, 3.63) is 84.4 Å². The molecule has 7 heteroatoms. The van der Waals surface area contributed by atoms with Crippen molar-refractivity contribution >= 4 is 23.4 Å². The van der Waals surface area contributed by atoms with Gasteiger partial charge in [-0.1, -0.05) is 60.3 Å². The standard InChI is InChI=1S/C25H22N4O2S/c1-31-21-13-11-20(12-14-21)29-24(19-8-3-2-4-9-19)26-27-25(29)32-17-23(30)28-16-15-18-7-5-6-10-22(18)28/h2-14H,15-17H2,1H3. The van der Waals surface area contributed by atoms with Crippen LogP contribution in [0.25, 0.3) is 17.1 Å². The first-order chi connectivity index (χ1) is 15.7. The number of fused-ring (bicyclic) bond motifs is 1. The minimum Gasteiger partial charge on any atom is -0.497 e. The van der Waals surface area contributed by atoms with E-state index in [0.29, 0.717) is 5.16 Å². The molecule has 0 spiro atoms. The number of carbonyl (C=O) groups excluding carboxylic acids is 1. The number of ether oxygens (including phenoxy) is 1. The number of amides is 1. The van der Waals surface area contributed by atoms with Gasteiger partial charge in [-0.05, 0) is 42.3 Å². The van der Waals surface area contributed by atoms with Crippen LogP contribution in [0.4, 0.5) is 5.69 Å². The Morgan fingerprint density at radius 2 is 1.72 bits per heavy atom. The molecule has 3 aromatic carbocycles. The van der Waals surface area contributed by atoms with Crippen LogP contribution in [0.3, 0.4) is 0 Å². The quantitative estimate of drug-likeness (QED) is 0.408. The van der Waals surface area contributed by atoms with E-state index in [2.05, 4.69) is 16.3 Å². The molecule has 0 saturated heterocycles. The van der Waals surface area contributed by atoms with E-state index in [1.54, 1.807) is 7.11 Å². The topological polar surface area (TPSA) is 60.2 Å². The first kappa shape index (κ1) is 20.3. The van der Waals surface area contributed by atoms with Crippen LogP contribution in [0.1, 0.15) is 5.56 Å². The van der Waals surface area contributed by atoms with E-state index >= 15 is 0 Å². The number of benzene rings is 3. The fourth-order valence-corrected chi connectivity index (χ4v) is 4.73. The van der Waals surface area contributed by atoms with Crippen LogP contribution in [0.2, 0.25) is 0 Å². The lowest BCUT2D eigenvalue weighted by Gasteiger charge is -2.17. The average Bonchev–Trinajstić information content (AvgIpc) is 3.48. The third-order valence-corrected chi connectivity index (χ3v) is 6.42. The second kappa shape index (κ2) is 8.88. The summed E-state index contributed by atoms with van der Waals surface area (Å²) in [6.45, 7) is 0.721. The van der Waals surface area contributed by atoms with E-state index in [4.69, 9.17) is 4.74 Å². The molecular weight excluding hydrogens is 420 g/mol. The van der Waals surface area contributed by atoms with Crippen molar-refractivity contribution in [2.75, 3.05) is 24.3 Å². The number of nitrogens with zero attached hydrogens (tertiary/aromatic N) is 4. The molecule has 0 unspecified atom stereocenters. The Labute approximate surface area is 190 Å². The minimum absolute atomic E-state index is 0.0745. The normalized spacial score (nSPS) is 12.6. The zero-order chi connectivity index (χ0) is 21.9. The van der Waals surface area contributed by atoms with E-state index in [1.807, 2.05) is 82.3 Å². The molecule has 0 N–H and O–H groups in total. The van der Waals surface area contributed by atoms with Crippen molar-refractivity contribution in [1.29, 1.82) is 0 Å². The maximum atomic E-state index is 13.0. The first-order valence-electron chi connectivity index (χ1n) is 10.4. The highest BCUT2D eigenvalue weighted by molar-refractivity contribution is 7.99. The Balaban J connectivity index is 1.44. The van der Waals surface area contributed by atoms with Crippen LogP contribution in [0.5, 0.6) is 5.75 Å². The van der Waals surface area contributed by atoms with Crippen molar-refractivity contribution in [1.82, 2.24) is 14.8 Å². The number of para-hydroxylation sites is 1. The van der Waals surface area contributed by atoms with Crippen LogP contribution in [0.15, 0.2) is 84.0 Å². The number of thioether (sulfide) groups is 1. The highest BCUT2D eigenvalue weighted by atomic mass is 32.2. The number of hydrogen-bond acceptors (Lipinski definition) is 5. The van der Waals surface area contributed by atoms with Gasteiger partial charge in [0.05, 0.1) is 12.9 Å². The molecule has 1 amide bonds. The molecule has 1 aromatic heterocycles. The zero-order valence-electron chi connectivity index (χ0n) is 17.6. The highest BCUT2D eigenvalue weighted by Gasteiger charge is 2.25. The second-order valence-electron chi connectivity index (χ2n) is 7.42. The van der Waals surface area contributed by atoms with Crippen molar-refractivity contribution in [2.24, 2.45) is 0 Å². The van der Waals surface area contributed by atoms with Crippen molar-refractivity contribution in [3.63, 3.8) is 0 Å². The Kier molecular flexibility index (Phi) is 5.64. The van der Waals surface area contributed by atoms with Crippen molar-refractivity contribution in [3.8, 4) is 22.8 Å². The predicted molar refractivity (Wildman–Crippen MR) is 127 cm³/mol. The second-order valence-corrected chi connectivity index (χ2v) is 8.36. The van der Waals surface area contributed by atoms with Crippen molar-refractivity contribution in [2.45, 2.75) is 11.6 Å². The molecule has 4 aromatic rings. The minimum atomic E-state index is 0.0745. The average molecular weight is 443 g/mol. The molecule has 1 aliphatic heterocycles. The number of aromatic nitrogens is 3. The molecule has 0 saturated carbocycles. The molecular formula is C25H22N4O2S. The van der Waals surface area contributed by atoms with Crippen molar-refractivity contribution < 1.29 is 9.53 Å². The molecule has 6 nitrogen and oxygen atoms in total. The van der Waals surface area contributed by atoms with Gasteiger partial charge in [-0.25, -0.2) is 0 Å². The van der Waals surface area contributed by atoms with Gasteiger partial charge in [-0.15, -0.1) is 10.2 Å². The van der Waals surface area contributed by atoms with Gasteiger partial charge in [0.2, 0.25) is 5.91 Å². The summed E-state index contributed by atoms with van der Waals surface area (Å²) < 4.78 is 7.29. The number of anilines is 1. The summed E-state index contributed by atoms with van der Waals surface area (Å²) in [5.74, 6) is 1.88. The third-order valence-electron chi connectivity index (χ3n) is 5.51. The number of rotatable bonds is 6. The Bertz CT molecular complexity index is 1240. The molecule has 2 heterocycles. The van der Waals surface area contributed by atoms with Gasteiger partial charge >= 0.3 is 0 Å². The number of hydrogen-bond donors (Lipinski definition) is 0. The van der Waals surface area contributed by atoms with Gasteiger partial charge in [-0.2, -0.15) is 0 Å². The van der Waals surface area contributed by atoms with E-state index in [0.717, 1.165) is 41.5 Å². The van der Waals surface area contributed by atoms with E-state index in [9.17, 15) is 4.79 Å². The van der Waals surface area contributed by atoms with Crippen LogP contribution in [-0.4, -0.2) is 40.1 Å². The van der Waals surface area contributed by atoms with E-state index in [-0.39, 0.29) is 11.7 Å². The van der Waals surface area contributed by atoms with Gasteiger partial charge in [0.15, 0.2) is 11.0 Å². The van der Waals surface area contributed by atoms with Crippen LogP contribution in [0, 0.1) is 0 Å². The molecule has 160 valence electrons. The molecule has 1 aliphatic rings. The van der Waals surface area contributed by atoms with E-state index in [1.165, 1.54) is 17.3 Å². The highest BCUT2D eigenvalue weighted by Crippen LogP contribution is 2.31. The molecule has 0 atom stereocenters. The SMILES string of the molecule is COc1ccc(-n2c(SCC(=O)N3CCc4ccccc43)nnc2-c2ccccc2)cc1. The molecule has 5 rings (SSSR count). The fraction of sp³-hybridized carbons (Fsp3) is 0.160. The summed E-state index contributed by atoms with van der Waals surface area (Å²) in [4.78, 5) is 14.9. The lowest BCUT2D eigenvalue weighted by molar-refractivity contribution is -0.116. The number of methoxy groups -OCH3 is 1. The maximum absolute atomic E-state index is 13.0. The molecule has 0 radical (unpaired) electrons. The van der Waals surface area contributed by atoms with Crippen LogP contribution >= 0.6 is 11.8 Å². The molecule has 0 aliphatic carbocycles. The molecule has 32 heavy (non-hydrogen) atoms. The summed E-state index contributed by atoms with van der Waals surface area (Å²) in [5, 5.41) is 9.56. The monoisotopic (exact) mass is 442 g/mol. The van der Waals surface area contributed by atoms with E-state index < -0.39 is 0 Å². The Hall–Kier alpha value is -3.58. The molecule has 0 bridgehead atoms. The fourth-order valence-electron chi connectivity index (χ4n) is 3.90. The van der Waals surface area contributed by atoms with Gasteiger partial charge in [0.25, 0.3) is 0 Å². The smallest absolute Gasteiger partial charge is 0.237 e. The zero-order valence-corrected chi connectivity index (χ0v) is 18.5. The lowest BCUT2D eigenvalue weighted by atomic mass is 10.2. The summed E-state index contributed by atoms with van der Waals surface area (Å²) in [5.41, 5.74) is 4.11.